The third-order valence-electron chi connectivity index (χ3n) is 2.95. The molecule has 4 nitrogen and oxygen atoms in total. The van der Waals surface area contributed by atoms with Gasteiger partial charge >= 0.3 is 0 Å². The zero-order chi connectivity index (χ0) is 12.6. The molecule has 0 aromatic heterocycles. The van der Waals surface area contributed by atoms with Gasteiger partial charge in [-0.1, -0.05) is 24.3 Å². The Bertz CT molecular complexity index is 480. The Morgan fingerprint density at radius 3 is 2.59 bits per heavy atom. The first-order valence-corrected chi connectivity index (χ1v) is 5.45. The summed E-state index contributed by atoms with van der Waals surface area (Å²) in [5.41, 5.74) is 1.21. The highest BCUT2D eigenvalue weighted by atomic mass is 16.3. The van der Waals surface area contributed by atoms with E-state index in [1.807, 2.05) is 25.1 Å². The summed E-state index contributed by atoms with van der Waals surface area (Å²) in [6, 6.07) is 7.15. The lowest BCUT2D eigenvalue weighted by Gasteiger charge is -2.30. The summed E-state index contributed by atoms with van der Waals surface area (Å²) >= 11 is 0. The van der Waals surface area contributed by atoms with E-state index in [1.165, 1.54) is 0 Å². The molecule has 1 aromatic carbocycles. The first kappa shape index (κ1) is 11.7. The number of carbonyl (C=O) groups excluding carboxylic acids is 1. The Morgan fingerprint density at radius 2 is 1.94 bits per heavy atom. The summed E-state index contributed by atoms with van der Waals surface area (Å²) in [7, 11) is 5.46. The van der Waals surface area contributed by atoms with Crippen LogP contribution < -0.4 is 0 Å². The van der Waals surface area contributed by atoms with E-state index in [0.717, 1.165) is 0 Å². The number of benzene rings is 1. The average Bonchev–Trinajstić information content (AvgIpc) is 2.41. The molecule has 90 valence electrons. The minimum atomic E-state index is -0.800. The molecule has 0 aliphatic carbocycles. The Hall–Kier alpha value is -1.81. The first-order valence-electron chi connectivity index (χ1n) is 5.45. The van der Waals surface area contributed by atoms with Crippen LogP contribution in [0.1, 0.15) is 22.1 Å². The number of allylic oxidation sites excluding steroid dienone is 1. The number of hydrogen-bond acceptors (Lipinski definition) is 4. The van der Waals surface area contributed by atoms with Crippen LogP contribution in [0, 0.1) is 0 Å². The first-order chi connectivity index (χ1) is 8.02. The maximum atomic E-state index is 12.1. The molecule has 0 amide bonds. The molecule has 17 heavy (non-hydrogen) atoms. The Balaban J connectivity index is 2.57. The van der Waals surface area contributed by atoms with Crippen LogP contribution in [-0.2, 0) is 0 Å². The van der Waals surface area contributed by atoms with Gasteiger partial charge in [-0.25, -0.2) is 0 Å². The second kappa shape index (κ2) is 4.22. The van der Waals surface area contributed by atoms with E-state index in [9.17, 15) is 9.90 Å². The van der Waals surface area contributed by atoms with Gasteiger partial charge in [-0.05, 0) is 0 Å². The van der Waals surface area contributed by atoms with Crippen molar-refractivity contribution in [1.82, 2.24) is 9.80 Å². The van der Waals surface area contributed by atoms with E-state index in [4.69, 9.17) is 0 Å². The fourth-order valence-corrected chi connectivity index (χ4v) is 2.02. The van der Waals surface area contributed by atoms with Crippen molar-refractivity contribution in [2.24, 2.45) is 0 Å². The number of carbonyl (C=O) groups is 1. The number of aliphatic hydroxyl groups excluding tert-OH is 1. The van der Waals surface area contributed by atoms with Crippen LogP contribution in [0.15, 0.2) is 36.2 Å². The van der Waals surface area contributed by atoms with Gasteiger partial charge in [-0.15, -0.1) is 0 Å². The highest BCUT2D eigenvalue weighted by molar-refractivity contribution is 6.06. The van der Waals surface area contributed by atoms with Crippen LogP contribution >= 0.6 is 0 Å². The van der Waals surface area contributed by atoms with Crippen molar-refractivity contribution in [2.75, 3.05) is 21.1 Å². The van der Waals surface area contributed by atoms with Gasteiger partial charge in [0.1, 0.15) is 5.82 Å². The van der Waals surface area contributed by atoms with E-state index in [2.05, 4.69) is 0 Å². The molecule has 1 aliphatic rings. The fourth-order valence-electron chi connectivity index (χ4n) is 2.02. The van der Waals surface area contributed by atoms with Crippen LogP contribution in [0.2, 0.25) is 0 Å². The summed E-state index contributed by atoms with van der Waals surface area (Å²) in [5, 5.41) is 10.3. The van der Waals surface area contributed by atoms with Gasteiger partial charge < -0.3 is 14.9 Å². The smallest absolute Gasteiger partial charge is 0.189 e. The van der Waals surface area contributed by atoms with Crippen molar-refractivity contribution in [3.63, 3.8) is 0 Å². The van der Waals surface area contributed by atoms with Crippen molar-refractivity contribution >= 4 is 5.78 Å². The molecule has 1 aromatic rings. The highest BCUT2D eigenvalue weighted by Gasteiger charge is 2.26. The van der Waals surface area contributed by atoms with E-state index in [-0.39, 0.29) is 5.78 Å². The topological polar surface area (TPSA) is 43.8 Å². The Kier molecular flexibility index (Phi) is 2.90. The molecule has 1 heterocycles. The normalized spacial score (nSPS) is 19.5. The van der Waals surface area contributed by atoms with Gasteiger partial charge in [0.25, 0.3) is 0 Å². The number of fused-ring (bicyclic) bond motifs is 1. The SMILES string of the molecule is CN(C)C1=CC(=O)c2ccccc2[C@@H](O)N1C. The second-order valence-electron chi connectivity index (χ2n) is 4.33. The molecule has 1 atom stereocenters. The van der Waals surface area contributed by atoms with E-state index < -0.39 is 6.23 Å². The van der Waals surface area contributed by atoms with E-state index in [0.29, 0.717) is 16.9 Å². The molecular formula is C13H16N2O2. The summed E-state index contributed by atoms with van der Waals surface area (Å²) < 4.78 is 0. The van der Waals surface area contributed by atoms with Crippen LogP contribution in [0.5, 0.6) is 0 Å². The third kappa shape index (κ3) is 1.91. The van der Waals surface area contributed by atoms with Crippen molar-refractivity contribution in [1.29, 1.82) is 0 Å². The van der Waals surface area contributed by atoms with Gasteiger partial charge in [0.2, 0.25) is 0 Å². The number of hydrogen-bond donors (Lipinski definition) is 1. The lowest BCUT2D eigenvalue weighted by molar-refractivity contribution is 0.0288. The van der Waals surface area contributed by atoms with Gasteiger partial charge in [0, 0.05) is 38.3 Å². The molecule has 0 unspecified atom stereocenters. The van der Waals surface area contributed by atoms with Gasteiger partial charge in [0.15, 0.2) is 12.0 Å². The Morgan fingerprint density at radius 1 is 1.29 bits per heavy atom. The molecule has 0 bridgehead atoms. The Labute approximate surface area is 101 Å². The quantitative estimate of drug-likeness (QED) is 0.790. The standard InChI is InChI=1S/C13H16N2O2/c1-14(2)12-8-11(16)9-6-4-5-7-10(9)13(17)15(12)3/h4-8,13,17H,1-3H3/t13-/m1/s1. The number of nitrogens with zero attached hydrogens (tertiary/aromatic N) is 2. The predicted molar refractivity (Wildman–Crippen MR) is 65.3 cm³/mol. The van der Waals surface area contributed by atoms with Gasteiger partial charge in [0.05, 0.1) is 0 Å². The maximum absolute atomic E-state index is 12.1. The molecule has 0 saturated heterocycles. The monoisotopic (exact) mass is 232 g/mol. The summed E-state index contributed by atoms with van der Waals surface area (Å²) in [6.07, 6.45) is 0.751. The molecule has 0 fully saturated rings. The van der Waals surface area contributed by atoms with Crippen LogP contribution in [0.25, 0.3) is 0 Å². The molecule has 1 N–H and O–H groups in total. The minimum Gasteiger partial charge on any atom is -0.369 e. The van der Waals surface area contributed by atoms with E-state index >= 15 is 0 Å². The lowest BCUT2D eigenvalue weighted by atomic mass is 10.0. The summed E-state index contributed by atoms with van der Waals surface area (Å²) in [5.74, 6) is 0.617. The van der Waals surface area contributed by atoms with E-state index in [1.54, 1.807) is 36.2 Å². The highest BCUT2D eigenvalue weighted by Crippen LogP contribution is 2.28. The molecule has 4 heteroatoms. The van der Waals surface area contributed by atoms with Crippen molar-refractivity contribution in [3.05, 3.63) is 47.3 Å². The van der Waals surface area contributed by atoms with Gasteiger partial charge in [-0.3, -0.25) is 4.79 Å². The third-order valence-corrected chi connectivity index (χ3v) is 2.95. The van der Waals surface area contributed by atoms with Crippen LogP contribution in [-0.4, -0.2) is 41.8 Å². The van der Waals surface area contributed by atoms with Gasteiger partial charge in [-0.2, -0.15) is 0 Å². The average molecular weight is 232 g/mol. The molecule has 2 rings (SSSR count). The second-order valence-corrected chi connectivity index (χ2v) is 4.33. The summed E-state index contributed by atoms with van der Waals surface area (Å²) in [6.45, 7) is 0. The molecule has 0 saturated carbocycles. The summed E-state index contributed by atoms with van der Waals surface area (Å²) in [4.78, 5) is 15.6. The van der Waals surface area contributed by atoms with Crippen molar-refractivity contribution < 1.29 is 9.90 Å². The maximum Gasteiger partial charge on any atom is 0.189 e. The number of rotatable bonds is 1. The number of aliphatic hydroxyl groups is 1. The lowest BCUT2D eigenvalue weighted by Crippen LogP contribution is -2.30. The largest absolute Gasteiger partial charge is 0.369 e. The molecule has 0 spiro atoms. The zero-order valence-electron chi connectivity index (χ0n) is 10.2. The van der Waals surface area contributed by atoms with Crippen LogP contribution in [0.4, 0.5) is 0 Å². The van der Waals surface area contributed by atoms with Crippen LogP contribution in [0.3, 0.4) is 0 Å². The van der Waals surface area contributed by atoms with Crippen molar-refractivity contribution in [3.8, 4) is 0 Å². The van der Waals surface area contributed by atoms with Crippen molar-refractivity contribution in [2.45, 2.75) is 6.23 Å². The minimum absolute atomic E-state index is 0.0762. The molecule has 0 radical (unpaired) electrons. The predicted octanol–water partition coefficient (Wildman–Crippen LogP) is 1.21. The molecular weight excluding hydrogens is 216 g/mol. The fraction of sp³-hybridized carbons (Fsp3) is 0.308. The zero-order valence-corrected chi connectivity index (χ0v) is 10.2. The molecule has 1 aliphatic heterocycles. The number of ketones is 1.